The molecule has 0 bridgehead atoms. The van der Waals surface area contributed by atoms with Crippen molar-refractivity contribution in [1.29, 1.82) is 0 Å². The molecule has 10 nitrogen and oxygen atoms in total. The summed E-state index contributed by atoms with van der Waals surface area (Å²) in [5.41, 5.74) is 2.76. The monoisotopic (exact) mass is 498 g/mol. The average molecular weight is 498 g/mol. The Labute approximate surface area is 211 Å². The smallest absolute Gasteiger partial charge is 0.302 e. The number of amides is 1. The number of benzene rings is 2. The number of aliphatic hydroxyl groups is 1. The van der Waals surface area contributed by atoms with Crippen LogP contribution in [0.3, 0.4) is 0 Å². The molecule has 2 aromatic heterocycles. The Morgan fingerprint density at radius 3 is 2.68 bits per heavy atom. The Hall–Kier alpha value is -4.86. The van der Waals surface area contributed by atoms with Gasteiger partial charge in [-0.2, -0.15) is 0 Å². The van der Waals surface area contributed by atoms with Crippen LogP contribution < -0.4 is 19.1 Å². The highest BCUT2D eigenvalue weighted by Gasteiger charge is 2.49. The lowest BCUT2D eigenvalue weighted by Gasteiger charge is -2.22. The molecule has 1 amide bonds. The number of H-pyrrole nitrogens is 1. The minimum atomic E-state index is -1.00. The van der Waals surface area contributed by atoms with E-state index in [0.717, 1.165) is 11.3 Å². The lowest BCUT2D eigenvalue weighted by Crippen LogP contribution is -2.30. The Morgan fingerprint density at radius 2 is 1.92 bits per heavy atom. The van der Waals surface area contributed by atoms with Gasteiger partial charge in [-0.25, -0.2) is 4.98 Å². The van der Waals surface area contributed by atoms with Crippen LogP contribution >= 0.6 is 0 Å². The minimum absolute atomic E-state index is 0.0711. The largest absolute Gasteiger partial charge is 0.507 e. The van der Waals surface area contributed by atoms with Crippen LogP contribution in [0, 0.1) is 0 Å². The number of imidazole rings is 1. The second-order valence-electron chi connectivity index (χ2n) is 8.63. The molecule has 37 heavy (non-hydrogen) atoms. The van der Waals surface area contributed by atoms with Crippen molar-refractivity contribution < 1.29 is 28.9 Å². The fourth-order valence-electron chi connectivity index (χ4n) is 4.80. The van der Waals surface area contributed by atoms with Crippen LogP contribution in [0.25, 0.3) is 16.8 Å². The number of nitrogens with zero attached hydrogens (tertiary/aromatic N) is 3. The first-order chi connectivity index (χ1) is 18.0. The molecule has 0 saturated carbocycles. The Morgan fingerprint density at radius 1 is 1.11 bits per heavy atom. The summed E-state index contributed by atoms with van der Waals surface area (Å²) in [6, 6.07) is 12.7. The van der Waals surface area contributed by atoms with E-state index >= 15 is 0 Å². The number of rotatable bonds is 5. The van der Waals surface area contributed by atoms with Crippen molar-refractivity contribution in [3.05, 3.63) is 77.1 Å². The summed E-state index contributed by atoms with van der Waals surface area (Å²) in [4.78, 5) is 40.1. The molecule has 2 N–H and O–H groups in total. The van der Waals surface area contributed by atoms with Gasteiger partial charge in [0.2, 0.25) is 5.95 Å². The maximum absolute atomic E-state index is 13.4. The summed E-state index contributed by atoms with van der Waals surface area (Å²) in [5, 5.41) is 11.4. The first-order valence-corrected chi connectivity index (χ1v) is 11.6. The lowest BCUT2D eigenvalue weighted by molar-refractivity contribution is -0.132. The average Bonchev–Trinajstić information content (AvgIpc) is 3.63. The Kier molecular flexibility index (Phi) is 5.29. The van der Waals surface area contributed by atoms with Gasteiger partial charge < -0.3 is 24.3 Å². The van der Waals surface area contributed by atoms with Gasteiger partial charge in [-0.15, -0.1) is 0 Å². The quantitative estimate of drug-likeness (QED) is 0.243. The highest BCUT2D eigenvalue weighted by Crippen LogP contribution is 2.42. The van der Waals surface area contributed by atoms with E-state index in [-0.39, 0.29) is 17.3 Å². The molecule has 1 unspecified atom stereocenters. The zero-order valence-electron chi connectivity index (χ0n) is 20.0. The number of Topliss-reactive ketones (excluding diaryl/α,β-unsaturated/α-hetero) is 1. The van der Waals surface area contributed by atoms with Crippen LogP contribution in [0.2, 0.25) is 0 Å². The van der Waals surface area contributed by atoms with E-state index in [1.165, 1.54) is 19.1 Å². The standard InChI is InChI=1S/C27H22N4O6/c1-35-20-12-17-18(13-21(20)36-2)30-27(29-17)31-23(16-5-3-4-9-28-16)22(25(33)26(31)34)24(32)15-6-7-19-14(11-15)8-10-37-19/h3-7,9,11-13,23,32H,8,10H2,1-2H3,(H,29,30)/b24-22+. The molecule has 2 aromatic carbocycles. The number of aromatic nitrogens is 3. The van der Waals surface area contributed by atoms with E-state index in [9.17, 15) is 14.7 Å². The number of anilines is 1. The van der Waals surface area contributed by atoms with Crippen molar-refractivity contribution >= 4 is 34.4 Å². The fourth-order valence-corrected chi connectivity index (χ4v) is 4.80. The summed E-state index contributed by atoms with van der Waals surface area (Å²) in [5.74, 6) is -0.132. The minimum Gasteiger partial charge on any atom is -0.507 e. The molecule has 6 rings (SSSR count). The van der Waals surface area contributed by atoms with Crippen LogP contribution in [0.1, 0.15) is 22.9 Å². The summed E-state index contributed by atoms with van der Waals surface area (Å²) in [7, 11) is 3.04. The molecule has 1 atom stereocenters. The third kappa shape index (κ3) is 3.56. The lowest BCUT2D eigenvalue weighted by atomic mass is 9.97. The van der Waals surface area contributed by atoms with Crippen LogP contribution in [0.5, 0.6) is 17.2 Å². The van der Waals surface area contributed by atoms with Gasteiger partial charge >= 0.3 is 5.91 Å². The van der Waals surface area contributed by atoms with E-state index in [1.54, 1.807) is 54.7 Å². The zero-order chi connectivity index (χ0) is 25.7. The van der Waals surface area contributed by atoms with Gasteiger partial charge in [-0.3, -0.25) is 19.5 Å². The first kappa shape index (κ1) is 22.6. The number of carbonyl (C=O) groups is 2. The Balaban J connectivity index is 1.53. The second-order valence-corrected chi connectivity index (χ2v) is 8.63. The van der Waals surface area contributed by atoms with Gasteiger partial charge in [-0.1, -0.05) is 6.07 Å². The summed E-state index contributed by atoms with van der Waals surface area (Å²) < 4.78 is 16.3. The normalized spacial score (nSPS) is 18.2. The van der Waals surface area contributed by atoms with Gasteiger partial charge in [0, 0.05) is 30.3 Å². The molecule has 0 aliphatic carbocycles. The van der Waals surface area contributed by atoms with Crippen molar-refractivity contribution in [3.63, 3.8) is 0 Å². The number of fused-ring (bicyclic) bond motifs is 2. The predicted molar refractivity (Wildman–Crippen MR) is 134 cm³/mol. The zero-order valence-corrected chi connectivity index (χ0v) is 20.0. The number of nitrogens with one attached hydrogen (secondary N) is 1. The third-order valence-corrected chi connectivity index (χ3v) is 6.58. The number of pyridine rings is 1. The molecule has 1 fully saturated rings. The maximum atomic E-state index is 13.4. The van der Waals surface area contributed by atoms with Crippen molar-refractivity contribution in [3.8, 4) is 17.2 Å². The molecule has 0 radical (unpaired) electrons. The highest BCUT2D eigenvalue weighted by molar-refractivity contribution is 6.51. The van der Waals surface area contributed by atoms with Crippen molar-refractivity contribution in [1.82, 2.24) is 15.0 Å². The van der Waals surface area contributed by atoms with E-state index in [1.807, 2.05) is 0 Å². The van der Waals surface area contributed by atoms with Crippen LogP contribution in [0.4, 0.5) is 5.95 Å². The molecule has 4 heterocycles. The molecule has 186 valence electrons. The molecule has 2 aliphatic heterocycles. The number of carbonyl (C=O) groups excluding carboxylic acids is 2. The summed E-state index contributed by atoms with van der Waals surface area (Å²) in [6.07, 6.45) is 2.26. The molecule has 2 aliphatic rings. The van der Waals surface area contributed by atoms with Gasteiger partial charge in [0.1, 0.15) is 17.6 Å². The van der Waals surface area contributed by atoms with Crippen molar-refractivity contribution in [2.75, 3.05) is 25.7 Å². The van der Waals surface area contributed by atoms with Crippen LogP contribution in [-0.4, -0.2) is 52.6 Å². The van der Waals surface area contributed by atoms with Gasteiger partial charge in [0.05, 0.1) is 43.1 Å². The highest BCUT2D eigenvalue weighted by atomic mass is 16.5. The van der Waals surface area contributed by atoms with E-state index in [2.05, 4.69) is 15.0 Å². The molecular formula is C27H22N4O6. The third-order valence-electron chi connectivity index (χ3n) is 6.58. The van der Waals surface area contributed by atoms with Gasteiger partial charge in [0.15, 0.2) is 11.5 Å². The topological polar surface area (TPSA) is 127 Å². The SMILES string of the molecule is COc1cc2nc(N3C(=O)C(=O)/C(=C(/O)c4ccc5c(c4)CCO5)C3c3ccccn3)[nH]c2cc1OC. The van der Waals surface area contributed by atoms with Crippen LogP contribution in [-0.2, 0) is 16.0 Å². The predicted octanol–water partition coefficient (Wildman–Crippen LogP) is 3.54. The number of hydrogen-bond acceptors (Lipinski definition) is 8. The first-order valence-electron chi connectivity index (χ1n) is 11.6. The number of aromatic amines is 1. The molecule has 0 spiro atoms. The number of ether oxygens (including phenoxy) is 3. The summed E-state index contributed by atoms with van der Waals surface area (Å²) in [6.45, 7) is 0.555. The van der Waals surface area contributed by atoms with Crippen LogP contribution in [0.15, 0.2) is 60.3 Å². The number of aliphatic hydroxyl groups excluding tert-OH is 1. The number of ketones is 1. The summed E-state index contributed by atoms with van der Waals surface area (Å²) >= 11 is 0. The van der Waals surface area contributed by atoms with Crippen molar-refractivity contribution in [2.24, 2.45) is 0 Å². The van der Waals surface area contributed by atoms with E-state index in [4.69, 9.17) is 14.2 Å². The van der Waals surface area contributed by atoms with Gasteiger partial charge in [0.25, 0.3) is 5.78 Å². The second kappa shape index (κ2) is 8.66. The fraction of sp³-hybridized carbons (Fsp3) is 0.185. The maximum Gasteiger partial charge on any atom is 0.302 e. The molecular weight excluding hydrogens is 476 g/mol. The van der Waals surface area contributed by atoms with E-state index < -0.39 is 17.7 Å². The molecule has 4 aromatic rings. The molecule has 1 saturated heterocycles. The Bertz CT molecular complexity index is 1550. The van der Waals surface area contributed by atoms with Gasteiger partial charge in [-0.05, 0) is 35.9 Å². The number of methoxy groups -OCH3 is 2. The van der Waals surface area contributed by atoms with E-state index in [0.29, 0.717) is 46.8 Å². The molecule has 10 heteroatoms. The van der Waals surface area contributed by atoms with Crippen molar-refractivity contribution in [2.45, 2.75) is 12.5 Å². The number of hydrogen-bond donors (Lipinski definition) is 2.